The van der Waals surface area contributed by atoms with Gasteiger partial charge in [0.25, 0.3) is 0 Å². The van der Waals surface area contributed by atoms with Crippen LogP contribution in [-0.4, -0.2) is 44.3 Å². The van der Waals surface area contributed by atoms with Gasteiger partial charge in [-0.05, 0) is 37.5 Å². The van der Waals surface area contributed by atoms with Crippen LogP contribution in [0.4, 0.5) is 13.2 Å². The van der Waals surface area contributed by atoms with Crippen LogP contribution in [0.25, 0.3) is 0 Å². The van der Waals surface area contributed by atoms with E-state index in [-0.39, 0.29) is 6.42 Å². The number of guanidine groups is 1. The molecule has 0 saturated heterocycles. The van der Waals surface area contributed by atoms with E-state index in [4.69, 9.17) is 4.74 Å². The fraction of sp³-hybridized carbons (Fsp3) is 0.588. The minimum Gasteiger partial charge on any atom is -0.494 e. The largest absolute Gasteiger partial charge is 0.494 e. The molecule has 0 atom stereocenters. The van der Waals surface area contributed by atoms with Gasteiger partial charge in [-0.3, -0.25) is 4.99 Å². The molecule has 136 valence electrons. The standard InChI is InChI=1S/C17H26F3N3O/c1-4-24-15-9-7-14(8-10-15)13-23(3)16(21-2)22-12-6-5-11-17(18,19)20/h7-10H,4-6,11-13H2,1-3H3,(H,21,22). The van der Waals surface area contributed by atoms with Crippen molar-refractivity contribution < 1.29 is 17.9 Å². The van der Waals surface area contributed by atoms with Crippen molar-refractivity contribution in [3.63, 3.8) is 0 Å². The molecule has 0 aliphatic heterocycles. The van der Waals surface area contributed by atoms with E-state index in [0.29, 0.717) is 32.1 Å². The lowest BCUT2D eigenvalue weighted by Gasteiger charge is -2.22. The van der Waals surface area contributed by atoms with Gasteiger partial charge >= 0.3 is 6.18 Å². The molecule has 0 aliphatic rings. The summed E-state index contributed by atoms with van der Waals surface area (Å²) in [5.74, 6) is 1.49. The monoisotopic (exact) mass is 345 g/mol. The Labute approximate surface area is 141 Å². The fourth-order valence-electron chi connectivity index (χ4n) is 2.24. The summed E-state index contributed by atoms with van der Waals surface area (Å²) in [4.78, 5) is 6.09. The third-order valence-corrected chi connectivity index (χ3v) is 3.40. The number of ether oxygens (including phenoxy) is 1. The molecule has 0 bridgehead atoms. The predicted octanol–water partition coefficient (Wildman–Crippen LogP) is 3.83. The summed E-state index contributed by atoms with van der Waals surface area (Å²) in [7, 11) is 3.55. The number of nitrogens with one attached hydrogen (secondary N) is 1. The SMILES string of the molecule is CCOc1ccc(CN(C)C(=NC)NCCCCC(F)(F)F)cc1. The van der Waals surface area contributed by atoms with Crippen LogP contribution in [0.15, 0.2) is 29.3 Å². The summed E-state index contributed by atoms with van der Waals surface area (Å²) in [6, 6.07) is 7.80. The van der Waals surface area contributed by atoms with Crippen molar-refractivity contribution in [1.82, 2.24) is 10.2 Å². The maximum Gasteiger partial charge on any atom is 0.389 e. The van der Waals surface area contributed by atoms with Crippen molar-refractivity contribution in [2.24, 2.45) is 4.99 Å². The van der Waals surface area contributed by atoms with Gasteiger partial charge in [0.2, 0.25) is 0 Å². The molecule has 1 aromatic rings. The Hall–Kier alpha value is -1.92. The van der Waals surface area contributed by atoms with Crippen LogP contribution < -0.4 is 10.1 Å². The first-order valence-electron chi connectivity index (χ1n) is 8.06. The average molecular weight is 345 g/mol. The summed E-state index contributed by atoms with van der Waals surface area (Å²) in [5, 5.41) is 3.09. The molecular weight excluding hydrogens is 319 g/mol. The topological polar surface area (TPSA) is 36.9 Å². The van der Waals surface area contributed by atoms with Crippen LogP contribution in [0.2, 0.25) is 0 Å². The Morgan fingerprint density at radius 1 is 1.21 bits per heavy atom. The van der Waals surface area contributed by atoms with E-state index in [2.05, 4.69) is 10.3 Å². The van der Waals surface area contributed by atoms with Gasteiger partial charge in [-0.2, -0.15) is 13.2 Å². The van der Waals surface area contributed by atoms with Gasteiger partial charge in [0, 0.05) is 33.6 Å². The number of hydrogen-bond donors (Lipinski definition) is 1. The summed E-state index contributed by atoms with van der Waals surface area (Å²) >= 11 is 0. The Balaban J connectivity index is 2.39. The van der Waals surface area contributed by atoms with Crippen molar-refractivity contribution in [2.45, 2.75) is 38.9 Å². The fourth-order valence-corrected chi connectivity index (χ4v) is 2.24. The van der Waals surface area contributed by atoms with E-state index in [1.165, 1.54) is 0 Å². The minimum absolute atomic E-state index is 0.121. The number of nitrogens with zero attached hydrogens (tertiary/aromatic N) is 2. The molecule has 24 heavy (non-hydrogen) atoms. The van der Waals surface area contributed by atoms with Crippen LogP contribution in [-0.2, 0) is 6.54 Å². The maximum absolute atomic E-state index is 12.1. The molecule has 0 heterocycles. The van der Waals surface area contributed by atoms with E-state index in [1.807, 2.05) is 43.1 Å². The van der Waals surface area contributed by atoms with E-state index in [0.717, 1.165) is 11.3 Å². The first-order chi connectivity index (χ1) is 11.4. The Bertz CT molecular complexity index is 501. The second-order valence-corrected chi connectivity index (χ2v) is 5.48. The molecule has 0 saturated carbocycles. The van der Waals surface area contributed by atoms with Crippen molar-refractivity contribution in [3.05, 3.63) is 29.8 Å². The van der Waals surface area contributed by atoms with Crippen molar-refractivity contribution in [2.75, 3.05) is 27.2 Å². The van der Waals surface area contributed by atoms with E-state index >= 15 is 0 Å². The van der Waals surface area contributed by atoms with Gasteiger partial charge in [0.1, 0.15) is 5.75 Å². The molecule has 0 aromatic heterocycles. The summed E-state index contributed by atoms with van der Waals surface area (Å²) in [6.07, 6.45) is -4.24. The molecule has 0 spiro atoms. The van der Waals surface area contributed by atoms with Crippen LogP contribution in [0.5, 0.6) is 5.75 Å². The zero-order valence-electron chi connectivity index (χ0n) is 14.5. The first kappa shape index (κ1) is 20.1. The van der Waals surface area contributed by atoms with Gasteiger partial charge < -0.3 is 15.0 Å². The van der Waals surface area contributed by atoms with Gasteiger partial charge in [0.15, 0.2) is 5.96 Å². The zero-order chi connectivity index (χ0) is 18.0. The molecule has 1 aromatic carbocycles. The van der Waals surface area contributed by atoms with Crippen LogP contribution in [0.3, 0.4) is 0 Å². The molecule has 0 amide bonds. The predicted molar refractivity (Wildman–Crippen MR) is 90.3 cm³/mol. The quantitative estimate of drug-likeness (QED) is 0.442. The molecule has 7 heteroatoms. The molecule has 0 unspecified atom stereocenters. The molecular formula is C17H26F3N3O. The number of alkyl halides is 3. The van der Waals surface area contributed by atoms with Crippen molar-refractivity contribution in [3.8, 4) is 5.75 Å². The van der Waals surface area contributed by atoms with Gasteiger partial charge in [-0.25, -0.2) is 0 Å². The lowest BCUT2D eigenvalue weighted by molar-refractivity contribution is -0.135. The second kappa shape index (κ2) is 10.1. The number of rotatable bonds is 8. The molecule has 0 radical (unpaired) electrons. The highest BCUT2D eigenvalue weighted by Gasteiger charge is 2.25. The molecule has 1 rings (SSSR count). The van der Waals surface area contributed by atoms with Gasteiger partial charge in [-0.15, -0.1) is 0 Å². The smallest absolute Gasteiger partial charge is 0.389 e. The number of unbranched alkanes of at least 4 members (excludes halogenated alkanes) is 1. The van der Waals surface area contributed by atoms with Crippen molar-refractivity contribution in [1.29, 1.82) is 0 Å². The Morgan fingerprint density at radius 2 is 1.88 bits per heavy atom. The minimum atomic E-state index is -4.08. The highest BCUT2D eigenvalue weighted by molar-refractivity contribution is 5.79. The summed E-state index contributed by atoms with van der Waals surface area (Å²) in [5.41, 5.74) is 1.10. The highest BCUT2D eigenvalue weighted by atomic mass is 19.4. The second-order valence-electron chi connectivity index (χ2n) is 5.48. The van der Waals surface area contributed by atoms with Gasteiger partial charge in [-0.1, -0.05) is 12.1 Å². The highest BCUT2D eigenvalue weighted by Crippen LogP contribution is 2.21. The maximum atomic E-state index is 12.1. The zero-order valence-corrected chi connectivity index (χ0v) is 14.5. The van der Waals surface area contributed by atoms with Crippen LogP contribution in [0.1, 0.15) is 31.7 Å². The number of aliphatic imine (C=N–C) groups is 1. The van der Waals surface area contributed by atoms with Gasteiger partial charge in [0.05, 0.1) is 6.61 Å². The van der Waals surface area contributed by atoms with Crippen LogP contribution >= 0.6 is 0 Å². The van der Waals surface area contributed by atoms with E-state index in [1.54, 1.807) is 7.05 Å². The number of halogens is 3. The third kappa shape index (κ3) is 8.08. The molecule has 0 aliphatic carbocycles. The molecule has 1 N–H and O–H groups in total. The van der Waals surface area contributed by atoms with E-state index < -0.39 is 12.6 Å². The summed E-state index contributed by atoms with van der Waals surface area (Å²) in [6.45, 7) is 3.68. The van der Waals surface area contributed by atoms with Crippen LogP contribution in [0, 0.1) is 0 Å². The lowest BCUT2D eigenvalue weighted by Crippen LogP contribution is -2.38. The average Bonchev–Trinajstić information content (AvgIpc) is 2.52. The number of benzene rings is 1. The van der Waals surface area contributed by atoms with Crippen molar-refractivity contribution >= 4 is 5.96 Å². The van der Waals surface area contributed by atoms with E-state index in [9.17, 15) is 13.2 Å². The lowest BCUT2D eigenvalue weighted by atomic mass is 10.2. The normalized spacial score (nSPS) is 12.2. The summed E-state index contributed by atoms with van der Waals surface area (Å²) < 4.78 is 41.7. The Kier molecular flexibility index (Phi) is 8.43. The first-order valence-corrected chi connectivity index (χ1v) is 8.06. The molecule has 0 fully saturated rings. The number of hydrogen-bond acceptors (Lipinski definition) is 2. The molecule has 4 nitrogen and oxygen atoms in total. The Morgan fingerprint density at radius 3 is 2.42 bits per heavy atom. The third-order valence-electron chi connectivity index (χ3n) is 3.40.